The highest BCUT2D eigenvalue weighted by molar-refractivity contribution is 6.35. The van der Waals surface area contributed by atoms with Crippen LogP contribution in [0.5, 0.6) is 0 Å². The summed E-state index contributed by atoms with van der Waals surface area (Å²) in [7, 11) is 3.78. The summed E-state index contributed by atoms with van der Waals surface area (Å²) in [6.07, 6.45) is 9.37. The van der Waals surface area contributed by atoms with Gasteiger partial charge in [-0.2, -0.15) is 5.10 Å². The molecule has 0 aliphatic carbocycles. The van der Waals surface area contributed by atoms with Crippen molar-refractivity contribution in [2.45, 2.75) is 6.54 Å². The second-order valence-corrected chi connectivity index (χ2v) is 6.39. The van der Waals surface area contributed by atoms with Crippen LogP contribution >= 0.6 is 23.2 Å². The van der Waals surface area contributed by atoms with E-state index in [-0.39, 0.29) is 0 Å². The Morgan fingerprint density at radius 2 is 2.04 bits per heavy atom. The maximum absolute atomic E-state index is 6.26. The van der Waals surface area contributed by atoms with Gasteiger partial charge in [-0.05, 0) is 23.8 Å². The zero-order chi connectivity index (χ0) is 17.1. The Morgan fingerprint density at radius 3 is 2.71 bits per heavy atom. The Hall–Kier alpha value is -2.24. The molecule has 0 spiro atoms. The molecule has 7 heteroatoms. The summed E-state index contributed by atoms with van der Waals surface area (Å²) in [5, 5.41) is 7.62. The molecule has 124 valence electrons. The minimum Gasteiger partial charge on any atom is -0.349 e. The maximum atomic E-state index is 6.26. The third kappa shape index (κ3) is 3.80. The molecule has 0 unspecified atom stereocenters. The van der Waals surface area contributed by atoms with Gasteiger partial charge in [0.25, 0.3) is 0 Å². The molecule has 0 aliphatic rings. The lowest BCUT2D eigenvalue weighted by molar-refractivity contribution is 0.435. The molecule has 1 aromatic carbocycles. The standard InChI is InChI=1S/C17H17Cl2N5/c1-22(2)21-17(24-8-6-20-12-24)14-5-7-23(11-14)10-13-3-4-15(18)9-16(13)19/h3-9,11-12H,10H2,1-2H3/b21-17+. The van der Waals surface area contributed by atoms with E-state index in [0.29, 0.717) is 16.6 Å². The third-order valence-electron chi connectivity index (χ3n) is 3.42. The number of aromatic nitrogens is 3. The number of nitrogens with zero attached hydrogens (tertiary/aromatic N) is 5. The van der Waals surface area contributed by atoms with E-state index >= 15 is 0 Å². The molecule has 2 aromatic heterocycles. The molecule has 0 radical (unpaired) electrons. The number of halogens is 2. The zero-order valence-electron chi connectivity index (χ0n) is 13.4. The summed E-state index contributed by atoms with van der Waals surface area (Å²) in [6.45, 7) is 0.662. The number of hydrazone groups is 1. The first-order valence-electron chi connectivity index (χ1n) is 7.37. The van der Waals surface area contributed by atoms with E-state index in [9.17, 15) is 0 Å². The summed E-state index contributed by atoms with van der Waals surface area (Å²) in [6, 6.07) is 7.56. The van der Waals surface area contributed by atoms with E-state index in [1.165, 1.54) is 0 Å². The molecule has 0 saturated heterocycles. The number of benzene rings is 1. The van der Waals surface area contributed by atoms with Gasteiger partial charge in [0.05, 0.1) is 0 Å². The Labute approximate surface area is 150 Å². The van der Waals surface area contributed by atoms with Gasteiger partial charge in [0, 0.05) is 61.0 Å². The Bertz CT molecular complexity index is 850. The van der Waals surface area contributed by atoms with E-state index in [1.807, 2.05) is 55.5 Å². The first kappa shape index (κ1) is 16.6. The molecule has 0 fully saturated rings. The van der Waals surface area contributed by atoms with Crippen LogP contribution < -0.4 is 0 Å². The van der Waals surface area contributed by atoms with Crippen LogP contribution in [0.25, 0.3) is 0 Å². The lowest BCUT2D eigenvalue weighted by Crippen LogP contribution is -2.16. The number of imidazole rings is 1. The van der Waals surface area contributed by atoms with Crippen LogP contribution in [0.1, 0.15) is 11.1 Å². The van der Waals surface area contributed by atoms with Crippen molar-refractivity contribution in [3.05, 3.63) is 76.6 Å². The van der Waals surface area contributed by atoms with Crippen molar-refractivity contribution in [3.63, 3.8) is 0 Å². The molecular weight excluding hydrogens is 345 g/mol. The van der Waals surface area contributed by atoms with Crippen LogP contribution in [-0.2, 0) is 6.54 Å². The summed E-state index contributed by atoms with van der Waals surface area (Å²) in [4.78, 5) is 4.10. The summed E-state index contributed by atoms with van der Waals surface area (Å²) in [5.74, 6) is 0.804. The van der Waals surface area contributed by atoms with Crippen LogP contribution in [0, 0.1) is 0 Å². The van der Waals surface area contributed by atoms with Gasteiger partial charge >= 0.3 is 0 Å². The monoisotopic (exact) mass is 361 g/mol. The van der Waals surface area contributed by atoms with Gasteiger partial charge in [0.15, 0.2) is 5.84 Å². The molecule has 0 atom stereocenters. The van der Waals surface area contributed by atoms with Gasteiger partial charge in [-0.25, -0.2) is 4.98 Å². The van der Waals surface area contributed by atoms with Gasteiger partial charge in [-0.15, -0.1) is 0 Å². The fourth-order valence-electron chi connectivity index (χ4n) is 2.35. The lowest BCUT2D eigenvalue weighted by Gasteiger charge is -2.10. The Balaban J connectivity index is 1.88. The summed E-state index contributed by atoms with van der Waals surface area (Å²) in [5.41, 5.74) is 2.00. The number of hydrogen-bond acceptors (Lipinski definition) is 3. The highest BCUT2D eigenvalue weighted by atomic mass is 35.5. The van der Waals surface area contributed by atoms with E-state index < -0.39 is 0 Å². The summed E-state index contributed by atoms with van der Waals surface area (Å²) < 4.78 is 3.95. The van der Waals surface area contributed by atoms with Crippen LogP contribution in [0.15, 0.2) is 60.5 Å². The fraction of sp³-hybridized carbons (Fsp3) is 0.176. The van der Waals surface area contributed by atoms with Gasteiger partial charge in [0.1, 0.15) is 6.33 Å². The topological polar surface area (TPSA) is 38.4 Å². The van der Waals surface area contributed by atoms with Crippen molar-refractivity contribution in [1.82, 2.24) is 19.1 Å². The molecule has 2 heterocycles. The minimum absolute atomic E-state index is 0.637. The van der Waals surface area contributed by atoms with E-state index in [2.05, 4.69) is 14.7 Å². The maximum Gasteiger partial charge on any atom is 0.166 e. The number of rotatable bonds is 4. The van der Waals surface area contributed by atoms with Crippen LogP contribution in [0.4, 0.5) is 0 Å². The molecular formula is C17H17Cl2N5. The Morgan fingerprint density at radius 1 is 1.21 bits per heavy atom. The van der Waals surface area contributed by atoms with Crippen LogP contribution in [0.3, 0.4) is 0 Å². The van der Waals surface area contributed by atoms with Crippen LogP contribution in [-0.4, -0.2) is 39.1 Å². The lowest BCUT2D eigenvalue weighted by atomic mass is 10.2. The van der Waals surface area contributed by atoms with Gasteiger partial charge in [0.2, 0.25) is 0 Å². The molecule has 0 aliphatic heterocycles. The average Bonchev–Trinajstić information content (AvgIpc) is 3.19. The fourth-order valence-corrected chi connectivity index (χ4v) is 2.82. The molecule has 5 nitrogen and oxygen atoms in total. The SMILES string of the molecule is CN(C)/N=C(\c1ccn(Cc2ccc(Cl)cc2Cl)c1)n1ccnc1. The second-order valence-electron chi connectivity index (χ2n) is 5.55. The van der Waals surface area contributed by atoms with Crippen molar-refractivity contribution in [3.8, 4) is 0 Å². The third-order valence-corrected chi connectivity index (χ3v) is 4.01. The van der Waals surface area contributed by atoms with E-state index in [1.54, 1.807) is 23.6 Å². The van der Waals surface area contributed by atoms with Gasteiger partial charge in [-0.1, -0.05) is 29.3 Å². The quantitative estimate of drug-likeness (QED) is 0.402. The molecule has 3 rings (SSSR count). The van der Waals surface area contributed by atoms with Gasteiger partial charge in [-0.3, -0.25) is 4.57 Å². The number of hydrogen-bond donors (Lipinski definition) is 0. The zero-order valence-corrected chi connectivity index (χ0v) is 14.9. The highest BCUT2D eigenvalue weighted by Gasteiger charge is 2.10. The van der Waals surface area contributed by atoms with E-state index in [4.69, 9.17) is 23.2 Å². The largest absolute Gasteiger partial charge is 0.349 e. The van der Waals surface area contributed by atoms with Crippen molar-refractivity contribution < 1.29 is 0 Å². The van der Waals surface area contributed by atoms with Crippen molar-refractivity contribution in [2.75, 3.05) is 14.1 Å². The van der Waals surface area contributed by atoms with Crippen molar-refractivity contribution >= 4 is 29.0 Å². The van der Waals surface area contributed by atoms with Crippen molar-refractivity contribution in [2.24, 2.45) is 5.10 Å². The molecule has 24 heavy (non-hydrogen) atoms. The normalized spacial score (nSPS) is 11.8. The first-order valence-corrected chi connectivity index (χ1v) is 8.13. The summed E-state index contributed by atoms with van der Waals surface area (Å²) >= 11 is 12.2. The smallest absolute Gasteiger partial charge is 0.166 e. The molecule has 0 saturated carbocycles. The predicted molar refractivity (Wildman–Crippen MR) is 97.8 cm³/mol. The molecule has 0 amide bonds. The Kier molecular flexibility index (Phi) is 4.92. The van der Waals surface area contributed by atoms with Crippen LogP contribution in [0.2, 0.25) is 10.0 Å². The molecule has 0 bridgehead atoms. The van der Waals surface area contributed by atoms with Gasteiger partial charge < -0.3 is 9.58 Å². The van der Waals surface area contributed by atoms with Crippen molar-refractivity contribution in [1.29, 1.82) is 0 Å². The minimum atomic E-state index is 0.637. The average molecular weight is 362 g/mol. The first-order chi connectivity index (χ1) is 11.5. The molecule has 0 N–H and O–H groups in total. The van der Waals surface area contributed by atoms with E-state index in [0.717, 1.165) is 17.0 Å². The second kappa shape index (κ2) is 7.11. The highest BCUT2D eigenvalue weighted by Crippen LogP contribution is 2.22. The molecule has 3 aromatic rings. The predicted octanol–water partition coefficient (Wildman–Crippen LogP) is 3.81.